The van der Waals surface area contributed by atoms with Crippen LogP contribution in [0.5, 0.6) is 0 Å². The zero-order valence-corrected chi connectivity index (χ0v) is 8.34. The van der Waals surface area contributed by atoms with Gasteiger partial charge in [-0.25, -0.2) is 0 Å². The van der Waals surface area contributed by atoms with Crippen LogP contribution in [0.15, 0.2) is 12.7 Å². The molecule has 0 aromatic rings. The first-order valence-electron chi connectivity index (χ1n) is 4.47. The molecule has 12 heavy (non-hydrogen) atoms. The Balaban J connectivity index is 3.86. The lowest BCUT2D eigenvalue weighted by Crippen LogP contribution is -2.38. The van der Waals surface area contributed by atoms with Gasteiger partial charge in [-0.2, -0.15) is 0 Å². The van der Waals surface area contributed by atoms with E-state index in [4.69, 9.17) is 4.74 Å². The molecule has 0 saturated heterocycles. The monoisotopic (exact) mass is 172 g/mol. The van der Waals surface area contributed by atoms with Gasteiger partial charge in [-0.05, 0) is 33.6 Å². The molecule has 1 atom stereocenters. The molecule has 0 aliphatic carbocycles. The second kappa shape index (κ2) is 5.33. The van der Waals surface area contributed by atoms with E-state index < -0.39 is 11.7 Å². The van der Waals surface area contributed by atoms with Crippen LogP contribution < -0.4 is 0 Å². The fourth-order valence-corrected chi connectivity index (χ4v) is 1.09. The lowest BCUT2D eigenvalue weighted by molar-refractivity contribution is -0.0982. The highest BCUT2D eigenvalue weighted by molar-refractivity contribution is 4.81. The molecule has 0 aliphatic rings. The maximum atomic E-state index is 9.67. The van der Waals surface area contributed by atoms with Gasteiger partial charge < -0.3 is 9.84 Å². The lowest BCUT2D eigenvalue weighted by atomic mass is 9.97. The van der Waals surface area contributed by atoms with Crippen LogP contribution in [0.1, 0.15) is 33.6 Å². The van der Waals surface area contributed by atoms with Crippen LogP contribution >= 0.6 is 0 Å². The average Bonchev–Trinajstić information content (AvgIpc) is 2.00. The predicted octanol–water partition coefficient (Wildman–Crippen LogP) is 2.13. The zero-order chi connectivity index (χ0) is 9.61. The summed E-state index contributed by atoms with van der Waals surface area (Å²) >= 11 is 0. The standard InChI is InChI=1S/C10H20O2/c1-5-7-8-9(11)10(3,4)12-6-2/h5,9,11H,1,6-8H2,2-4H3. The van der Waals surface area contributed by atoms with Crippen molar-refractivity contribution in [3.8, 4) is 0 Å². The van der Waals surface area contributed by atoms with E-state index in [-0.39, 0.29) is 0 Å². The Morgan fingerprint density at radius 2 is 2.17 bits per heavy atom. The Morgan fingerprint density at radius 1 is 1.58 bits per heavy atom. The number of allylic oxidation sites excluding steroid dienone is 1. The first-order valence-corrected chi connectivity index (χ1v) is 4.47. The predicted molar refractivity (Wildman–Crippen MR) is 51.1 cm³/mol. The third-order valence-electron chi connectivity index (χ3n) is 1.96. The second-order valence-corrected chi connectivity index (χ2v) is 3.42. The molecule has 1 N–H and O–H groups in total. The number of aliphatic hydroxyl groups is 1. The van der Waals surface area contributed by atoms with Gasteiger partial charge in [0.25, 0.3) is 0 Å². The summed E-state index contributed by atoms with van der Waals surface area (Å²) in [5, 5.41) is 9.67. The van der Waals surface area contributed by atoms with Crippen molar-refractivity contribution in [3.05, 3.63) is 12.7 Å². The molecule has 0 aliphatic heterocycles. The van der Waals surface area contributed by atoms with Gasteiger partial charge in [0, 0.05) is 6.61 Å². The maximum absolute atomic E-state index is 9.67. The number of ether oxygens (including phenoxy) is 1. The van der Waals surface area contributed by atoms with Crippen LogP contribution in [0, 0.1) is 0 Å². The largest absolute Gasteiger partial charge is 0.390 e. The zero-order valence-electron chi connectivity index (χ0n) is 8.34. The summed E-state index contributed by atoms with van der Waals surface area (Å²) in [5.74, 6) is 0. The van der Waals surface area contributed by atoms with E-state index in [9.17, 15) is 5.11 Å². The summed E-state index contributed by atoms with van der Waals surface area (Å²) < 4.78 is 5.40. The van der Waals surface area contributed by atoms with Crippen molar-refractivity contribution in [3.63, 3.8) is 0 Å². The molecule has 0 aromatic carbocycles. The van der Waals surface area contributed by atoms with Crippen molar-refractivity contribution < 1.29 is 9.84 Å². The summed E-state index contributed by atoms with van der Waals surface area (Å²) in [7, 11) is 0. The minimum absolute atomic E-state index is 0.407. The molecule has 0 radical (unpaired) electrons. The molecule has 0 heterocycles. The summed E-state index contributed by atoms with van der Waals surface area (Å²) in [6.45, 7) is 9.99. The van der Waals surface area contributed by atoms with Gasteiger partial charge in [-0.1, -0.05) is 6.08 Å². The molecule has 0 spiro atoms. The highest BCUT2D eigenvalue weighted by Crippen LogP contribution is 2.18. The van der Waals surface area contributed by atoms with Gasteiger partial charge in [-0.15, -0.1) is 6.58 Å². The minimum atomic E-state index is -0.433. The summed E-state index contributed by atoms with van der Waals surface area (Å²) in [6.07, 6.45) is 2.95. The minimum Gasteiger partial charge on any atom is -0.390 e. The van der Waals surface area contributed by atoms with Crippen LogP contribution in [-0.2, 0) is 4.74 Å². The van der Waals surface area contributed by atoms with E-state index in [0.717, 1.165) is 12.8 Å². The molecule has 0 rings (SSSR count). The summed E-state index contributed by atoms with van der Waals surface area (Å²) in [4.78, 5) is 0. The highest BCUT2D eigenvalue weighted by atomic mass is 16.5. The Bertz CT molecular complexity index is 130. The third-order valence-corrected chi connectivity index (χ3v) is 1.96. The van der Waals surface area contributed by atoms with E-state index in [1.54, 1.807) is 0 Å². The molecule has 0 aromatic heterocycles. The third kappa shape index (κ3) is 3.88. The number of hydrogen-bond donors (Lipinski definition) is 1. The Hall–Kier alpha value is -0.340. The van der Waals surface area contributed by atoms with Gasteiger partial charge >= 0.3 is 0 Å². The molecule has 2 heteroatoms. The van der Waals surface area contributed by atoms with E-state index >= 15 is 0 Å². The molecule has 0 bridgehead atoms. The van der Waals surface area contributed by atoms with E-state index in [1.807, 2.05) is 26.8 Å². The number of rotatable bonds is 6. The SMILES string of the molecule is C=CCCC(O)C(C)(C)OCC. The van der Waals surface area contributed by atoms with E-state index in [0.29, 0.717) is 6.61 Å². The van der Waals surface area contributed by atoms with Crippen molar-refractivity contribution in [2.24, 2.45) is 0 Å². The van der Waals surface area contributed by atoms with Crippen LogP contribution in [0.3, 0.4) is 0 Å². The smallest absolute Gasteiger partial charge is 0.0884 e. The molecule has 1 unspecified atom stereocenters. The van der Waals surface area contributed by atoms with Crippen molar-refractivity contribution in [1.82, 2.24) is 0 Å². The molecular weight excluding hydrogens is 152 g/mol. The van der Waals surface area contributed by atoms with Gasteiger partial charge in [0.05, 0.1) is 11.7 Å². The fourth-order valence-electron chi connectivity index (χ4n) is 1.09. The van der Waals surface area contributed by atoms with Crippen molar-refractivity contribution in [2.45, 2.75) is 45.3 Å². The Labute approximate surface area is 75.2 Å². The van der Waals surface area contributed by atoms with E-state index in [2.05, 4.69) is 6.58 Å². The lowest BCUT2D eigenvalue weighted by Gasteiger charge is -2.30. The van der Waals surface area contributed by atoms with Crippen molar-refractivity contribution >= 4 is 0 Å². The first-order chi connectivity index (χ1) is 5.54. The van der Waals surface area contributed by atoms with Crippen LogP contribution in [0.2, 0.25) is 0 Å². The topological polar surface area (TPSA) is 29.5 Å². The normalized spacial score (nSPS) is 14.3. The van der Waals surface area contributed by atoms with Crippen LogP contribution in [0.25, 0.3) is 0 Å². The van der Waals surface area contributed by atoms with Gasteiger partial charge in [-0.3, -0.25) is 0 Å². The molecule has 0 saturated carbocycles. The Morgan fingerprint density at radius 3 is 2.58 bits per heavy atom. The highest BCUT2D eigenvalue weighted by Gasteiger charge is 2.27. The molecular formula is C10H20O2. The van der Waals surface area contributed by atoms with Crippen LogP contribution in [-0.4, -0.2) is 23.4 Å². The maximum Gasteiger partial charge on any atom is 0.0884 e. The van der Waals surface area contributed by atoms with Crippen LogP contribution in [0.4, 0.5) is 0 Å². The Kier molecular flexibility index (Phi) is 5.18. The van der Waals surface area contributed by atoms with Crippen molar-refractivity contribution in [2.75, 3.05) is 6.61 Å². The van der Waals surface area contributed by atoms with Crippen molar-refractivity contribution in [1.29, 1.82) is 0 Å². The number of hydrogen-bond acceptors (Lipinski definition) is 2. The summed E-state index contributed by atoms with van der Waals surface area (Å²) in [6, 6.07) is 0. The van der Waals surface area contributed by atoms with E-state index in [1.165, 1.54) is 0 Å². The van der Waals surface area contributed by atoms with Gasteiger partial charge in [0.1, 0.15) is 0 Å². The summed E-state index contributed by atoms with van der Waals surface area (Å²) in [5.41, 5.74) is -0.433. The molecule has 0 fully saturated rings. The average molecular weight is 172 g/mol. The second-order valence-electron chi connectivity index (χ2n) is 3.42. The number of aliphatic hydroxyl groups excluding tert-OH is 1. The first kappa shape index (κ1) is 11.7. The fraction of sp³-hybridized carbons (Fsp3) is 0.800. The molecule has 0 amide bonds. The quantitative estimate of drug-likeness (QED) is 0.622. The van der Waals surface area contributed by atoms with Gasteiger partial charge in [0.2, 0.25) is 0 Å². The molecule has 72 valence electrons. The molecule has 2 nitrogen and oxygen atoms in total. The van der Waals surface area contributed by atoms with Gasteiger partial charge in [0.15, 0.2) is 0 Å².